The van der Waals surface area contributed by atoms with Gasteiger partial charge in [-0.3, -0.25) is 9.69 Å². The summed E-state index contributed by atoms with van der Waals surface area (Å²) in [5.74, 6) is -3.08. The number of rotatable bonds is 5. The second-order valence-electron chi connectivity index (χ2n) is 5.47. The Hall–Kier alpha value is -2.19. The van der Waals surface area contributed by atoms with Crippen LogP contribution in [0.2, 0.25) is 0 Å². The van der Waals surface area contributed by atoms with Crippen molar-refractivity contribution < 1.29 is 24.6 Å². The minimum Gasteiger partial charge on any atom is -0.480 e. The van der Waals surface area contributed by atoms with Gasteiger partial charge in [0, 0.05) is 0 Å². The standard InChI is InChI=1S/C16H15NO5S2/c1-8(2)12(15(21)22)17-13(18)11(24-16(17)23)7-9-5-3-4-6-10(9)14(19)20/h3-8,12H,1-2H3,(H,19,20)(H,21,22)/b11-7-/t12-/m0/s1. The first-order valence-electron chi connectivity index (χ1n) is 7.06. The summed E-state index contributed by atoms with van der Waals surface area (Å²) >= 11 is 6.13. The van der Waals surface area contributed by atoms with Gasteiger partial charge in [0.2, 0.25) is 0 Å². The Morgan fingerprint density at radius 3 is 2.42 bits per heavy atom. The number of carboxylic acid groups (broad SMARTS) is 2. The summed E-state index contributed by atoms with van der Waals surface area (Å²) in [6.45, 7) is 3.39. The van der Waals surface area contributed by atoms with Gasteiger partial charge < -0.3 is 10.2 Å². The maximum atomic E-state index is 12.6. The lowest BCUT2D eigenvalue weighted by molar-refractivity contribution is -0.146. The molecular formula is C16H15NO5S2. The molecule has 0 aromatic heterocycles. The predicted octanol–water partition coefficient (Wildman–Crippen LogP) is 2.70. The van der Waals surface area contributed by atoms with Crippen molar-refractivity contribution in [2.75, 3.05) is 0 Å². The van der Waals surface area contributed by atoms with Crippen molar-refractivity contribution in [3.8, 4) is 0 Å². The first-order chi connectivity index (χ1) is 11.2. The quantitative estimate of drug-likeness (QED) is 0.612. The molecule has 1 aromatic carbocycles. The van der Waals surface area contributed by atoms with Crippen LogP contribution < -0.4 is 0 Å². The van der Waals surface area contributed by atoms with Gasteiger partial charge >= 0.3 is 11.9 Å². The smallest absolute Gasteiger partial charge is 0.336 e. The summed E-state index contributed by atoms with van der Waals surface area (Å²) in [4.78, 5) is 36.6. The van der Waals surface area contributed by atoms with Crippen LogP contribution >= 0.6 is 24.0 Å². The van der Waals surface area contributed by atoms with Crippen molar-refractivity contribution in [2.45, 2.75) is 19.9 Å². The monoisotopic (exact) mass is 365 g/mol. The highest BCUT2D eigenvalue weighted by Gasteiger charge is 2.41. The number of thioether (sulfide) groups is 1. The molecule has 0 spiro atoms. The molecule has 6 nitrogen and oxygen atoms in total. The highest BCUT2D eigenvalue weighted by molar-refractivity contribution is 8.26. The van der Waals surface area contributed by atoms with Crippen molar-refractivity contribution in [3.63, 3.8) is 0 Å². The van der Waals surface area contributed by atoms with Gasteiger partial charge in [0.05, 0.1) is 10.5 Å². The summed E-state index contributed by atoms with van der Waals surface area (Å²) in [5, 5.41) is 18.6. The van der Waals surface area contributed by atoms with Gasteiger partial charge in [-0.25, -0.2) is 9.59 Å². The molecule has 24 heavy (non-hydrogen) atoms. The lowest BCUT2D eigenvalue weighted by atomic mass is 10.0. The predicted molar refractivity (Wildman–Crippen MR) is 94.7 cm³/mol. The van der Waals surface area contributed by atoms with Gasteiger partial charge in [-0.05, 0) is 23.6 Å². The van der Waals surface area contributed by atoms with E-state index < -0.39 is 23.9 Å². The average Bonchev–Trinajstić information content (AvgIpc) is 2.75. The van der Waals surface area contributed by atoms with Crippen LogP contribution in [0.5, 0.6) is 0 Å². The van der Waals surface area contributed by atoms with Crippen LogP contribution in [-0.2, 0) is 9.59 Å². The van der Waals surface area contributed by atoms with Crippen molar-refractivity contribution in [2.24, 2.45) is 5.92 Å². The van der Waals surface area contributed by atoms with Crippen molar-refractivity contribution in [3.05, 3.63) is 40.3 Å². The van der Waals surface area contributed by atoms with Gasteiger partial charge in [0.25, 0.3) is 5.91 Å². The number of carbonyl (C=O) groups excluding carboxylic acids is 1. The number of nitrogens with zero attached hydrogens (tertiary/aromatic N) is 1. The molecule has 8 heteroatoms. The Morgan fingerprint density at radius 2 is 1.88 bits per heavy atom. The Bertz CT molecular complexity index is 757. The zero-order valence-corrected chi connectivity index (χ0v) is 14.6. The molecule has 0 radical (unpaired) electrons. The van der Waals surface area contributed by atoms with Crippen molar-refractivity contribution >= 4 is 52.2 Å². The van der Waals surface area contributed by atoms with Crippen LogP contribution in [-0.4, -0.2) is 43.3 Å². The first-order valence-corrected chi connectivity index (χ1v) is 8.28. The first kappa shape index (κ1) is 18.2. The van der Waals surface area contributed by atoms with Gasteiger partial charge in [-0.15, -0.1) is 0 Å². The van der Waals surface area contributed by atoms with E-state index in [9.17, 15) is 24.6 Å². The number of carbonyl (C=O) groups is 3. The minimum absolute atomic E-state index is 0.0569. The number of benzene rings is 1. The van der Waals surface area contributed by atoms with E-state index in [1.54, 1.807) is 32.0 Å². The van der Waals surface area contributed by atoms with Crippen LogP contribution in [0.15, 0.2) is 29.2 Å². The molecule has 2 N–H and O–H groups in total. The molecule has 0 aliphatic carbocycles. The number of hydrogen-bond acceptors (Lipinski definition) is 5. The third kappa shape index (κ3) is 3.49. The zero-order chi connectivity index (χ0) is 18.0. The Balaban J connectivity index is 2.42. The fourth-order valence-electron chi connectivity index (χ4n) is 2.37. The maximum Gasteiger partial charge on any atom is 0.336 e. The molecule has 1 amide bonds. The highest BCUT2D eigenvalue weighted by atomic mass is 32.2. The van der Waals surface area contributed by atoms with Crippen molar-refractivity contribution in [1.29, 1.82) is 0 Å². The summed E-state index contributed by atoms with van der Waals surface area (Å²) in [6, 6.07) is 5.20. The summed E-state index contributed by atoms with van der Waals surface area (Å²) < 4.78 is 0.153. The second kappa shape index (κ2) is 7.14. The molecule has 1 heterocycles. The maximum absolute atomic E-state index is 12.6. The Morgan fingerprint density at radius 1 is 1.25 bits per heavy atom. The molecule has 1 aromatic rings. The largest absolute Gasteiger partial charge is 0.480 e. The molecule has 1 fully saturated rings. The van der Waals surface area contributed by atoms with Gasteiger partial charge in [0.1, 0.15) is 10.4 Å². The van der Waals surface area contributed by atoms with Crippen LogP contribution in [0.1, 0.15) is 29.8 Å². The van der Waals surface area contributed by atoms with E-state index in [-0.39, 0.29) is 20.7 Å². The second-order valence-corrected chi connectivity index (χ2v) is 7.15. The Labute approximate surface area is 148 Å². The third-order valence-corrected chi connectivity index (χ3v) is 4.79. The van der Waals surface area contributed by atoms with E-state index in [1.807, 2.05) is 0 Å². The number of hydrogen-bond donors (Lipinski definition) is 2. The zero-order valence-electron chi connectivity index (χ0n) is 12.9. The summed E-state index contributed by atoms with van der Waals surface area (Å²) in [6.07, 6.45) is 1.43. The van der Waals surface area contributed by atoms with E-state index in [4.69, 9.17) is 12.2 Å². The molecule has 1 aliphatic rings. The van der Waals surface area contributed by atoms with E-state index in [2.05, 4.69) is 0 Å². The van der Waals surface area contributed by atoms with Crippen LogP contribution in [0.3, 0.4) is 0 Å². The SMILES string of the molecule is CC(C)[C@@H](C(=O)O)N1C(=O)/C(=C/c2ccccc2C(=O)O)SC1=S. The van der Waals surface area contributed by atoms with Crippen molar-refractivity contribution in [1.82, 2.24) is 4.90 Å². The van der Waals surface area contributed by atoms with E-state index in [1.165, 1.54) is 12.1 Å². The fraction of sp³-hybridized carbons (Fsp3) is 0.250. The van der Waals surface area contributed by atoms with Gasteiger partial charge in [0.15, 0.2) is 0 Å². The van der Waals surface area contributed by atoms with Gasteiger partial charge in [-0.1, -0.05) is 56.0 Å². The number of carboxylic acids is 2. The normalized spacial score (nSPS) is 17.6. The van der Waals surface area contributed by atoms with E-state index in [0.29, 0.717) is 5.56 Å². The van der Waals surface area contributed by atoms with E-state index in [0.717, 1.165) is 16.7 Å². The molecule has 2 rings (SSSR count). The van der Waals surface area contributed by atoms with Crippen LogP contribution in [0, 0.1) is 5.92 Å². The lowest BCUT2D eigenvalue weighted by Gasteiger charge is -2.26. The van der Waals surface area contributed by atoms with E-state index >= 15 is 0 Å². The molecule has 126 valence electrons. The molecule has 1 aliphatic heterocycles. The minimum atomic E-state index is -1.13. The summed E-state index contributed by atoms with van der Waals surface area (Å²) in [5.41, 5.74) is 0.420. The lowest BCUT2D eigenvalue weighted by Crippen LogP contribution is -2.47. The molecule has 0 unspecified atom stereocenters. The van der Waals surface area contributed by atoms with Crippen LogP contribution in [0.4, 0.5) is 0 Å². The third-order valence-electron chi connectivity index (χ3n) is 3.46. The molecule has 1 saturated heterocycles. The Kier molecular flexibility index (Phi) is 5.40. The van der Waals surface area contributed by atoms with Gasteiger partial charge in [-0.2, -0.15) is 0 Å². The summed E-state index contributed by atoms with van der Waals surface area (Å²) in [7, 11) is 0. The average molecular weight is 365 g/mol. The highest BCUT2D eigenvalue weighted by Crippen LogP contribution is 2.35. The number of aromatic carboxylic acids is 1. The number of amides is 1. The van der Waals surface area contributed by atoms with Crippen LogP contribution in [0.25, 0.3) is 6.08 Å². The molecule has 0 saturated carbocycles. The number of thiocarbonyl (C=S) groups is 1. The number of aliphatic carboxylic acids is 1. The molecular weight excluding hydrogens is 350 g/mol. The molecule has 1 atom stereocenters. The topological polar surface area (TPSA) is 94.9 Å². The molecule has 0 bridgehead atoms. The fourth-order valence-corrected chi connectivity index (χ4v) is 3.69.